The molecule has 0 saturated carbocycles. The highest BCUT2D eigenvalue weighted by atomic mass is 79.9. The molecule has 3 nitrogen and oxygen atoms in total. The van der Waals surface area contributed by atoms with E-state index in [1.165, 1.54) is 0 Å². The molecule has 0 aliphatic carbocycles. The molecule has 8 heteroatoms. The first-order valence-electron chi connectivity index (χ1n) is 3.64. The Morgan fingerprint density at radius 2 is 2.13 bits per heavy atom. The first-order valence-corrected chi connectivity index (χ1v) is 7.07. The zero-order valence-electron chi connectivity index (χ0n) is 7.12. The molecule has 0 saturated heterocycles. The van der Waals surface area contributed by atoms with Crippen molar-refractivity contribution in [2.75, 3.05) is 0 Å². The number of pyridine rings is 1. The maximum absolute atomic E-state index is 12.5. The van der Waals surface area contributed by atoms with Crippen molar-refractivity contribution in [2.24, 2.45) is 0 Å². The molecule has 1 aromatic heterocycles. The van der Waals surface area contributed by atoms with Crippen LogP contribution < -0.4 is 0 Å². The summed E-state index contributed by atoms with van der Waals surface area (Å²) in [5, 5.41) is 0.120. The number of rotatable bonds is 3. The van der Waals surface area contributed by atoms with Crippen LogP contribution in [0.3, 0.4) is 0 Å². The Morgan fingerprint density at radius 3 is 2.53 bits per heavy atom. The van der Waals surface area contributed by atoms with Gasteiger partial charge in [-0.25, -0.2) is 17.2 Å². The highest BCUT2D eigenvalue weighted by Crippen LogP contribution is 2.26. The van der Waals surface area contributed by atoms with E-state index in [2.05, 4.69) is 20.9 Å². The summed E-state index contributed by atoms with van der Waals surface area (Å²) in [5.41, 5.74) is -0.345. The lowest BCUT2D eigenvalue weighted by molar-refractivity contribution is 0.149. The molecule has 0 atom stereocenters. The van der Waals surface area contributed by atoms with Gasteiger partial charge in [0.1, 0.15) is 4.90 Å². The van der Waals surface area contributed by atoms with E-state index in [9.17, 15) is 17.2 Å². The monoisotopic (exact) mass is 319 g/mol. The highest BCUT2D eigenvalue weighted by molar-refractivity contribution is 9.08. The highest BCUT2D eigenvalue weighted by Gasteiger charge is 2.18. The van der Waals surface area contributed by atoms with Crippen molar-refractivity contribution in [2.45, 2.75) is 16.7 Å². The molecule has 0 radical (unpaired) electrons. The van der Waals surface area contributed by atoms with Crippen LogP contribution in [0.15, 0.2) is 17.2 Å². The van der Waals surface area contributed by atoms with Crippen molar-refractivity contribution in [1.82, 2.24) is 4.98 Å². The lowest BCUT2D eigenvalue weighted by atomic mass is 10.2. The van der Waals surface area contributed by atoms with Crippen LogP contribution in [0, 0.1) is 0 Å². The molecule has 0 unspecified atom stereocenters. The Hall–Kier alpha value is -0.270. The standard InChI is InChI=1S/C7H5BrClF2NO2S/c8-2-6-5(7(10)11)1-4(3-12-6)15(9,13)14/h1,3,7H,2H2. The van der Waals surface area contributed by atoms with E-state index in [0.717, 1.165) is 12.3 Å². The average Bonchev–Trinajstić information content (AvgIpc) is 2.15. The zero-order valence-corrected chi connectivity index (χ0v) is 10.3. The van der Waals surface area contributed by atoms with Crippen LogP contribution in [-0.2, 0) is 14.4 Å². The molecule has 0 bridgehead atoms. The molecule has 0 N–H and O–H groups in total. The molecule has 0 aromatic carbocycles. The van der Waals surface area contributed by atoms with Crippen molar-refractivity contribution in [1.29, 1.82) is 0 Å². The van der Waals surface area contributed by atoms with E-state index in [0.29, 0.717) is 0 Å². The predicted octanol–water partition coefficient (Wildman–Crippen LogP) is 2.84. The number of hydrogen-bond acceptors (Lipinski definition) is 3. The molecule has 0 spiro atoms. The van der Waals surface area contributed by atoms with Crippen molar-refractivity contribution in [3.63, 3.8) is 0 Å². The van der Waals surface area contributed by atoms with Gasteiger partial charge >= 0.3 is 0 Å². The molecule has 0 aliphatic heterocycles. The smallest absolute Gasteiger partial charge is 0.259 e. The summed E-state index contributed by atoms with van der Waals surface area (Å²) in [4.78, 5) is 3.17. The van der Waals surface area contributed by atoms with Crippen molar-refractivity contribution < 1.29 is 17.2 Å². The number of aromatic nitrogens is 1. The second-order valence-corrected chi connectivity index (χ2v) is 5.71. The summed E-state index contributed by atoms with van der Waals surface area (Å²) >= 11 is 2.97. The summed E-state index contributed by atoms with van der Waals surface area (Å²) in [7, 11) is 0.984. The molecule has 1 aromatic rings. The second kappa shape index (κ2) is 4.71. The fraction of sp³-hybridized carbons (Fsp3) is 0.286. The lowest BCUT2D eigenvalue weighted by Gasteiger charge is -2.06. The minimum atomic E-state index is -4.02. The first kappa shape index (κ1) is 12.8. The van der Waals surface area contributed by atoms with Gasteiger partial charge in [-0.05, 0) is 6.07 Å². The van der Waals surface area contributed by atoms with Crippen LogP contribution in [-0.4, -0.2) is 13.4 Å². The van der Waals surface area contributed by atoms with Crippen molar-refractivity contribution in [3.05, 3.63) is 23.5 Å². The van der Waals surface area contributed by atoms with Crippen LogP contribution in [0.1, 0.15) is 17.7 Å². The van der Waals surface area contributed by atoms with Crippen LogP contribution >= 0.6 is 26.6 Å². The molecule has 1 rings (SSSR count). The van der Waals surface area contributed by atoms with Gasteiger partial charge < -0.3 is 0 Å². The van der Waals surface area contributed by atoms with Gasteiger partial charge in [0.2, 0.25) is 0 Å². The van der Waals surface area contributed by atoms with Gasteiger partial charge in [-0.3, -0.25) is 4.98 Å². The minimum Gasteiger partial charge on any atom is -0.259 e. The van der Waals surface area contributed by atoms with E-state index in [1.807, 2.05) is 0 Å². The van der Waals surface area contributed by atoms with E-state index in [-0.39, 0.29) is 11.0 Å². The fourth-order valence-corrected chi connectivity index (χ4v) is 2.09. The van der Waals surface area contributed by atoms with Gasteiger partial charge in [-0.1, -0.05) is 15.9 Å². The Morgan fingerprint density at radius 1 is 1.53 bits per heavy atom. The molecule has 0 fully saturated rings. The summed E-state index contributed by atoms with van der Waals surface area (Å²) < 4.78 is 46.7. The Balaban J connectivity index is 3.35. The number of hydrogen-bond donors (Lipinski definition) is 0. The van der Waals surface area contributed by atoms with Crippen LogP contribution in [0.2, 0.25) is 0 Å². The topological polar surface area (TPSA) is 47.0 Å². The zero-order chi connectivity index (χ0) is 11.6. The third-order valence-corrected chi connectivity index (χ3v) is 3.47. The molecule has 84 valence electrons. The largest absolute Gasteiger partial charge is 0.265 e. The number of halogens is 4. The van der Waals surface area contributed by atoms with Gasteiger partial charge in [-0.15, -0.1) is 0 Å². The maximum atomic E-state index is 12.5. The van der Waals surface area contributed by atoms with Crippen molar-refractivity contribution in [3.8, 4) is 0 Å². The molecule has 0 aliphatic rings. The molecule has 1 heterocycles. The molecule has 15 heavy (non-hydrogen) atoms. The van der Waals surface area contributed by atoms with Crippen LogP contribution in [0.5, 0.6) is 0 Å². The summed E-state index contributed by atoms with van der Waals surface area (Å²) in [5.74, 6) is 0. The van der Waals surface area contributed by atoms with E-state index in [1.54, 1.807) is 0 Å². The fourth-order valence-electron chi connectivity index (χ4n) is 0.924. The van der Waals surface area contributed by atoms with Gasteiger partial charge in [0.15, 0.2) is 0 Å². The second-order valence-electron chi connectivity index (χ2n) is 2.58. The number of alkyl halides is 3. The Kier molecular flexibility index (Phi) is 4.02. The van der Waals surface area contributed by atoms with Crippen LogP contribution in [0.25, 0.3) is 0 Å². The summed E-state index contributed by atoms with van der Waals surface area (Å²) in [6.07, 6.45) is -1.84. The minimum absolute atomic E-state index is 0.0917. The normalized spacial score (nSPS) is 12.1. The Labute approximate surface area is 98.0 Å². The summed E-state index contributed by atoms with van der Waals surface area (Å²) in [6.45, 7) is 0. The van der Waals surface area contributed by atoms with Gasteiger partial charge in [0.25, 0.3) is 15.5 Å². The molecular formula is C7H5BrClF2NO2S. The number of nitrogens with zero attached hydrogens (tertiary/aromatic N) is 1. The van der Waals surface area contributed by atoms with Gasteiger partial charge in [-0.2, -0.15) is 0 Å². The third kappa shape index (κ3) is 3.09. The summed E-state index contributed by atoms with van der Waals surface area (Å²) in [6, 6.07) is 0.830. The third-order valence-electron chi connectivity index (χ3n) is 1.62. The van der Waals surface area contributed by atoms with E-state index in [4.69, 9.17) is 10.7 Å². The molecular weight excluding hydrogens is 316 g/mol. The lowest BCUT2D eigenvalue weighted by Crippen LogP contribution is -2.00. The van der Waals surface area contributed by atoms with Crippen LogP contribution in [0.4, 0.5) is 8.78 Å². The Bertz CT molecular complexity index is 466. The van der Waals surface area contributed by atoms with E-state index < -0.39 is 25.9 Å². The quantitative estimate of drug-likeness (QED) is 0.635. The van der Waals surface area contributed by atoms with Gasteiger partial charge in [0, 0.05) is 27.8 Å². The maximum Gasteiger partial charge on any atom is 0.265 e. The van der Waals surface area contributed by atoms with Gasteiger partial charge in [0.05, 0.1) is 5.69 Å². The van der Waals surface area contributed by atoms with E-state index >= 15 is 0 Å². The predicted molar refractivity (Wildman–Crippen MR) is 54.9 cm³/mol. The molecule has 0 amide bonds. The first-order chi connectivity index (χ1) is 6.86. The van der Waals surface area contributed by atoms with Crippen molar-refractivity contribution >= 4 is 35.7 Å². The average molecular weight is 321 g/mol. The SMILES string of the molecule is O=S(=O)(Cl)c1cnc(CBr)c(C(F)F)c1.